The molecule has 12 nitrogen and oxygen atoms in total. The molecule has 22 heteroatoms. The molecule has 3 heterocycles. The van der Waals surface area contributed by atoms with Gasteiger partial charge in [0.1, 0.15) is 26.2 Å². The van der Waals surface area contributed by atoms with Crippen molar-refractivity contribution in [3.63, 3.8) is 0 Å². The van der Waals surface area contributed by atoms with Crippen molar-refractivity contribution in [3.8, 4) is 24.0 Å². The van der Waals surface area contributed by atoms with Gasteiger partial charge in [0.15, 0.2) is 0 Å². The maximum atomic E-state index is 9.75. The molecule has 0 bridgehead atoms. The van der Waals surface area contributed by atoms with E-state index in [-0.39, 0.29) is 0 Å². The minimum Gasteiger partial charge on any atom is -0.463 e. The van der Waals surface area contributed by atoms with Crippen molar-refractivity contribution in [1.82, 2.24) is 38.9 Å². The minimum atomic E-state index is -6.00. The fraction of sp³-hybridized carbons (Fsp3) is 0.750. The van der Waals surface area contributed by atoms with Crippen LogP contribution >= 0.6 is 0 Å². The molecule has 0 saturated carbocycles. The number of ether oxygens (including phenoxy) is 4. The van der Waals surface area contributed by atoms with Gasteiger partial charge in [0.05, 0.1) is 40.5 Å². The second-order valence-corrected chi connectivity index (χ2v) is 10.5. The molecule has 1 aliphatic heterocycles. The second-order valence-electron chi connectivity index (χ2n) is 10.5. The molecular formula is C24H42B2F8N8O4. The maximum Gasteiger partial charge on any atom is 0.673 e. The van der Waals surface area contributed by atoms with Gasteiger partial charge in [-0.05, 0) is 25.7 Å². The van der Waals surface area contributed by atoms with E-state index in [4.69, 9.17) is 18.9 Å². The average molecular weight is 680 g/mol. The Hall–Kier alpha value is -3.29. The van der Waals surface area contributed by atoms with E-state index in [1.54, 1.807) is 0 Å². The molecule has 0 aromatic carbocycles. The smallest absolute Gasteiger partial charge is 0.463 e. The molecule has 1 fully saturated rings. The summed E-state index contributed by atoms with van der Waals surface area (Å²) in [5, 5.41) is 0. The topological polar surface area (TPSA) is 114 Å². The number of quaternary nitrogens is 2. The standard InChI is InChI=1S/C24H42N8O4.2BF4/c1-7-15-33-21-25-19(26-22(29-21)34-16-8-2)31(5)11-13-32(6,14-12-31)20-27-23(35-17-9-3)30-24(28-20)36-18-10-4;2*2-1(3,4)5/h7-18H2,1-6H3;;/q+2;2*-1. The van der Waals surface area contributed by atoms with Gasteiger partial charge in [0.2, 0.25) is 0 Å². The van der Waals surface area contributed by atoms with Crippen LogP contribution < -0.4 is 27.9 Å². The number of rotatable bonds is 14. The lowest BCUT2D eigenvalue weighted by Gasteiger charge is -2.42. The number of halogens is 8. The Morgan fingerprint density at radius 3 is 0.826 bits per heavy atom. The van der Waals surface area contributed by atoms with Crippen LogP contribution in [0.5, 0.6) is 24.0 Å². The van der Waals surface area contributed by atoms with Gasteiger partial charge >= 0.3 is 50.4 Å². The van der Waals surface area contributed by atoms with E-state index in [1.807, 2.05) is 27.7 Å². The summed E-state index contributed by atoms with van der Waals surface area (Å²) in [5.74, 6) is 1.28. The van der Waals surface area contributed by atoms with Crippen LogP contribution in [0.3, 0.4) is 0 Å². The van der Waals surface area contributed by atoms with Gasteiger partial charge < -0.3 is 53.5 Å². The quantitative estimate of drug-likeness (QED) is 0.146. The van der Waals surface area contributed by atoms with Gasteiger partial charge in [-0.3, -0.25) is 8.97 Å². The van der Waals surface area contributed by atoms with E-state index in [0.29, 0.717) is 71.3 Å². The summed E-state index contributed by atoms with van der Waals surface area (Å²) in [6, 6.07) is 1.23. The van der Waals surface area contributed by atoms with Gasteiger partial charge in [-0.2, -0.15) is 0 Å². The van der Waals surface area contributed by atoms with Crippen molar-refractivity contribution < 1.29 is 53.5 Å². The SMILES string of the molecule is CCCOc1nc(OCCC)nc([N+]2(C)CC[N+](C)(c3nc(OCCC)nc(OCCC)n3)CC2)n1.F[B-](F)(F)F.F[B-](F)(F)F. The molecule has 1 aliphatic rings. The third-order valence-electron chi connectivity index (χ3n) is 6.05. The number of hydrogen-bond acceptors (Lipinski definition) is 10. The summed E-state index contributed by atoms with van der Waals surface area (Å²) in [6.45, 7) is 13.4. The number of hydrogen-bond donors (Lipinski definition) is 0. The number of aromatic nitrogens is 6. The van der Waals surface area contributed by atoms with Crippen molar-refractivity contribution in [2.24, 2.45) is 0 Å². The average Bonchev–Trinajstić information content (AvgIpc) is 2.96. The van der Waals surface area contributed by atoms with E-state index in [9.17, 15) is 34.5 Å². The van der Waals surface area contributed by atoms with Crippen LogP contribution in [0.2, 0.25) is 0 Å². The first-order chi connectivity index (χ1) is 21.4. The first kappa shape index (κ1) is 40.7. The highest BCUT2D eigenvalue weighted by molar-refractivity contribution is 6.50. The highest BCUT2D eigenvalue weighted by Crippen LogP contribution is 2.29. The lowest BCUT2D eigenvalue weighted by molar-refractivity contribution is 0.161. The van der Waals surface area contributed by atoms with Crippen molar-refractivity contribution in [3.05, 3.63) is 0 Å². The Bertz CT molecular complexity index is 1030. The highest BCUT2D eigenvalue weighted by atomic mass is 19.5. The second kappa shape index (κ2) is 18.8. The fourth-order valence-electron chi connectivity index (χ4n) is 3.68. The van der Waals surface area contributed by atoms with Gasteiger partial charge in [-0.25, -0.2) is 0 Å². The van der Waals surface area contributed by atoms with Crippen molar-refractivity contribution in [2.75, 3.05) is 66.7 Å². The molecule has 2 aromatic heterocycles. The van der Waals surface area contributed by atoms with Crippen molar-refractivity contribution in [2.45, 2.75) is 53.4 Å². The van der Waals surface area contributed by atoms with Crippen LogP contribution in [0.1, 0.15) is 53.4 Å². The number of nitrogens with zero attached hydrogens (tertiary/aromatic N) is 8. The third-order valence-corrected chi connectivity index (χ3v) is 6.05. The summed E-state index contributed by atoms with van der Waals surface area (Å²) in [5.41, 5.74) is 0. The Balaban J connectivity index is 0.000000919. The molecule has 0 radical (unpaired) electrons. The zero-order chi connectivity index (χ0) is 35.0. The Kier molecular flexibility index (Phi) is 16.6. The van der Waals surface area contributed by atoms with Crippen LogP contribution in [-0.4, -0.2) is 111 Å². The first-order valence-electron chi connectivity index (χ1n) is 14.8. The molecule has 0 spiro atoms. The molecule has 0 N–H and O–H groups in total. The number of likely N-dealkylation sites (N-methyl/N-ethyl adjacent to an activating group) is 2. The summed E-state index contributed by atoms with van der Waals surface area (Å²) in [4.78, 5) is 27.3. The van der Waals surface area contributed by atoms with E-state index in [1.165, 1.54) is 0 Å². The molecule has 46 heavy (non-hydrogen) atoms. The zero-order valence-electron chi connectivity index (χ0n) is 26.9. The fourth-order valence-corrected chi connectivity index (χ4v) is 3.68. The van der Waals surface area contributed by atoms with Gasteiger partial charge in [-0.15, -0.1) is 29.9 Å². The summed E-state index contributed by atoms with van der Waals surface area (Å²) in [6.07, 6.45) is 3.48. The molecule has 2 aromatic rings. The van der Waals surface area contributed by atoms with Crippen LogP contribution in [0.4, 0.5) is 46.4 Å². The lowest BCUT2D eigenvalue weighted by Crippen LogP contribution is -2.66. The zero-order valence-corrected chi connectivity index (χ0v) is 26.9. The van der Waals surface area contributed by atoms with Crippen LogP contribution in [0.15, 0.2) is 0 Å². The molecule has 0 atom stereocenters. The minimum absolute atomic E-state index is 0.308. The van der Waals surface area contributed by atoms with E-state index < -0.39 is 14.5 Å². The van der Waals surface area contributed by atoms with E-state index >= 15 is 0 Å². The Morgan fingerprint density at radius 1 is 0.457 bits per heavy atom. The largest absolute Gasteiger partial charge is 0.673 e. The summed E-state index contributed by atoms with van der Waals surface area (Å²) >= 11 is 0. The monoisotopic (exact) mass is 680 g/mol. The molecular weight excluding hydrogens is 638 g/mol. The van der Waals surface area contributed by atoms with Crippen LogP contribution in [0, 0.1) is 0 Å². The van der Waals surface area contributed by atoms with E-state index in [0.717, 1.165) is 51.9 Å². The van der Waals surface area contributed by atoms with Gasteiger partial charge in [0, 0.05) is 0 Å². The van der Waals surface area contributed by atoms with Crippen LogP contribution in [-0.2, 0) is 0 Å². The maximum absolute atomic E-state index is 9.75. The predicted molar refractivity (Wildman–Crippen MR) is 158 cm³/mol. The number of piperazine rings is 1. The highest BCUT2D eigenvalue weighted by Gasteiger charge is 2.44. The summed E-state index contributed by atoms with van der Waals surface area (Å²) in [7, 11) is -7.74. The molecule has 3 rings (SSSR count). The molecule has 0 aliphatic carbocycles. The van der Waals surface area contributed by atoms with Gasteiger partial charge in [-0.1, -0.05) is 27.7 Å². The molecule has 0 unspecified atom stereocenters. The van der Waals surface area contributed by atoms with Gasteiger partial charge in [0.25, 0.3) is 0 Å². The molecule has 264 valence electrons. The predicted octanol–water partition coefficient (Wildman–Crippen LogP) is 5.40. The third kappa shape index (κ3) is 16.3. The molecule has 0 amide bonds. The van der Waals surface area contributed by atoms with Crippen LogP contribution in [0.25, 0.3) is 0 Å². The van der Waals surface area contributed by atoms with Crippen molar-refractivity contribution >= 4 is 26.4 Å². The Labute approximate surface area is 263 Å². The van der Waals surface area contributed by atoms with E-state index in [2.05, 4.69) is 44.0 Å². The summed E-state index contributed by atoms with van der Waals surface area (Å²) < 4.78 is 102. The normalized spacial score (nSPS) is 19.6. The lowest BCUT2D eigenvalue weighted by atomic mass is 10.2. The van der Waals surface area contributed by atoms with Crippen molar-refractivity contribution in [1.29, 1.82) is 0 Å². The Morgan fingerprint density at radius 2 is 0.652 bits per heavy atom. The first-order valence-corrected chi connectivity index (χ1v) is 14.8. The molecule has 1 saturated heterocycles.